The molecule has 0 aliphatic heterocycles. The second kappa shape index (κ2) is 7.76. The Balaban J connectivity index is 1.77. The van der Waals surface area contributed by atoms with Crippen LogP contribution in [0.3, 0.4) is 0 Å². The fraction of sp³-hybridized carbons (Fsp3) is 0.167. The first-order valence-electron chi connectivity index (χ1n) is 7.76. The molecule has 8 heteroatoms. The van der Waals surface area contributed by atoms with Crippen LogP contribution in [-0.2, 0) is 4.74 Å². The van der Waals surface area contributed by atoms with Crippen LogP contribution in [0.4, 0.5) is 10.5 Å². The molecule has 0 bridgehead atoms. The summed E-state index contributed by atoms with van der Waals surface area (Å²) in [5.74, 6) is 0.369. The number of hydrogen-bond donors (Lipinski definition) is 1. The summed E-state index contributed by atoms with van der Waals surface area (Å²) in [6, 6.07) is 10.5. The highest BCUT2D eigenvalue weighted by molar-refractivity contribution is 6.31. The van der Waals surface area contributed by atoms with Gasteiger partial charge in [0.25, 0.3) is 0 Å². The Morgan fingerprint density at radius 3 is 2.69 bits per heavy atom. The summed E-state index contributed by atoms with van der Waals surface area (Å²) in [5.41, 5.74) is 2.26. The molecule has 3 rings (SSSR count). The van der Waals surface area contributed by atoms with Crippen molar-refractivity contribution < 1.29 is 14.1 Å². The van der Waals surface area contributed by atoms with E-state index in [4.69, 9.17) is 32.5 Å². The summed E-state index contributed by atoms with van der Waals surface area (Å²) in [6.07, 6.45) is 0.363. The second-order valence-corrected chi connectivity index (χ2v) is 6.33. The number of pyridine rings is 1. The number of carbonyl (C=O) groups excluding carboxylic acids is 1. The van der Waals surface area contributed by atoms with E-state index in [1.54, 1.807) is 38.1 Å². The zero-order valence-electron chi connectivity index (χ0n) is 14.0. The molecular weight excluding hydrogens is 377 g/mol. The monoisotopic (exact) mass is 391 g/mol. The normalized spacial score (nSPS) is 11.8. The first-order chi connectivity index (χ1) is 12.5. The number of hydrogen-bond acceptors (Lipinski definition) is 5. The van der Waals surface area contributed by atoms with Gasteiger partial charge in [-0.25, -0.2) is 9.78 Å². The Morgan fingerprint density at radius 2 is 2.00 bits per heavy atom. The third-order valence-electron chi connectivity index (χ3n) is 3.71. The summed E-state index contributed by atoms with van der Waals surface area (Å²) in [4.78, 5) is 16.3. The summed E-state index contributed by atoms with van der Waals surface area (Å²) >= 11 is 11.9. The number of anilines is 1. The topological polar surface area (TPSA) is 77.3 Å². The Bertz CT molecular complexity index is 926. The van der Waals surface area contributed by atoms with Crippen molar-refractivity contribution in [2.45, 2.75) is 20.0 Å². The standard InChI is InChI=1S/C18H15Cl2N3O3/c1-10-16(17(26-23-10)12-7-8-15(20)21-9-12)22-18(24)25-11(2)13-5-3-4-6-14(13)19/h3-9,11H,1-2H3,(H,22,24). The van der Waals surface area contributed by atoms with Crippen molar-refractivity contribution in [1.82, 2.24) is 10.1 Å². The zero-order chi connectivity index (χ0) is 18.7. The molecule has 134 valence electrons. The molecular formula is C18H15Cl2N3O3. The summed E-state index contributed by atoms with van der Waals surface area (Å²) in [6.45, 7) is 3.45. The Kier molecular flexibility index (Phi) is 5.44. The minimum Gasteiger partial charge on any atom is -0.441 e. The van der Waals surface area contributed by atoms with E-state index in [1.807, 2.05) is 12.1 Å². The summed E-state index contributed by atoms with van der Waals surface area (Å²) < 4.78 is 10.7. The molecule has 1 atom stereocenters. The van der Waals surface area contributed by atoms with Crippen molar-refractivity contribution in [3.63, 3.8) is 0 Å². The van der Waals surface area contributed by atoms with Gasteiger partial charge in [-0.2, -0.15) is 0 Å². The van der Waals surface area contributed by atoms with E-state index in [1.165, 1.54) is 6.20 Å². The van der Waals surface area contributed by atoms with Crippen LogP contribution in [0.15, 0.2) is 47.1 Å². The van der Waals surface area contributed by atoms with Crippen molar-refractivity contribution >= 4 is 35.0 Å². The van der Waals surface area contributed by atoms with E-state index >= 15 is 0 Å². The van der Waals surface area contributed by atoms with Crippen molar-refractivity contribution in [1.29, 1.82) is 0 Å². The molecule has 1 unspecified atom stereocenters. The van der Waals surface area contributed by atoms with Gasteiger partial charge < -0.3 is 9.26 Å². The van der Waals surface area contributed by atoms with Crippen LogP contribution in [0.5, 0.6) is 0 Å². The number of halogens is 2. The Labute approximate surface area is 160 Å². The van der Waals surface area contributed by atoms with E-state index < -0.39 is 12.2 Å². The molecule has 1 aromatic carbocycles. The minimum atomic E-state index is -0.646. The van der Waals surface area contributed by atoms with Crippen LogP contribution in [0.1, 0.15) is 24.3 Å². The SMILES string of the molecule is Cc1noc(-c2ccc(Cl)nc2)c1NC(=O)OC(C)c1ccccc1Cl. The molecule has 1 amide bonds. The lowest BCUT2D eigenvalue weighted by atomic mass is 10.1. The summed E-state index contributed by atoms with van der Waals surface area (Å²) in [5, 5.41) is 7.45. The minimum absolute atomic E-state index is 0.354. The van der Waals surface area contributed by atoms with Gasteiger partial charge in [-0.3, -0.25) is 5.32 Å². The molecule has 1 N–H and O–H groups in total. The van der Waals surface area contributed by atoms with E-state index in [0.717, 1.165) is 0 Å². The molecule has 0 saturated carbocycles. The lowest BCUT2D eigenvalue weighted by molar-refractivity contribution is 0.121. The number of aromatic nitrogens is 2. The third-order valence-corrected chi connectivity index (χ3v) is 4.27. The van der Waals surface area contributed by atoms with E-state index in [9.17, 15) is 4.79 Å². The highest BCUT2D eigenvalue weighted by atomic mass is 35.5. The molecule has 0 radical (unpaired) electrons. The van der Waals surface area contributed by atoms with Crippen LogP contribution in [0.2, 0.25) is 10.2 Å². The predicted octanol–water partition coefficient (Wildman–Crippen LogP) is 5.66. The molecule has 0 aliphatic carbocycles. The van der Waals surface area contributed by atoms with Crippen LogP contribution in [-0.4, -0.2) is 16.2 Å². The Morgan fingerprint density at radius 1 is 1.23 bits per heavy atom. The largest absolute Gasteiger partial charge is 0.441 e. The Hall–Kier alpha value is -2.57. The van der Waals surface area contributed by atoms with Gasteiger partial charge in [0, 0.05) is 22.3 Å². The van der Waals surface area contributed by atoms with Crippen LogP contribution >= 0.6 is 23.2 Å². The van der Waals surface area contributed by atoms with Crippen LogP contribution < -0.4 is 5.32 Å². The highest BCUT2D eigenvalue weighted by Gasteiger charge is 2.20. The average Bonchev–Trinajstić information content (AvgIpc) is 2.96. The van der Waals surface area contributed by atoms with E-state index in [-0.39, 0.29) is 0 Å². The molecule has 0 aliphatic rings. The number of amides is 1. The number of aryl methyl sites for hydroxylation is 1. The smallest absolute Gasteiger partial charge is 0.412 e. The second-order valence-electron chi connectivity index (χ2n) is 5.54. The molecule has 6 nitrogen and oxygen atoms in total. The maximum atomic E-state index is 12.3. The maximum absolute atomic E-state index is 12.3. The lowest BCUT2D eigenvalue weighted by Crippen LogP contribution is -2.17. The first-order valence-corrected chi connectivity index (χ1v) is 8.51. The molecule has 2 aromatic heterocycles. The van der Waals surface area contributed by atoms with Gasteiger partial charge in [-0.05, 0) is 32.0 Å². The van der Waals surface area contributed by atoms with Gasteiger partial charge in [0.15, 0.2) is 5.76 Å². The highest BCUT2D eigenvalue weighted by Crippen LogP contribution is 2.32. The predicted molar refractivity (Wildman–Crippen MR) is 99.5 cm³/mol. The molecule has 0 saturated heterocycles. The number of ether oxygens (including phenoxy) is 1. The van der Waals surface area contributed by atoms with Crippen molar-refractivity contribution in [2.75, 3.05) is 5.32 Å². The summed E-state index contributed by atoms with van der Waals surface area (Å²) in [7, 11) is 0. The molecule has 3 aromatic rings. The lowest BCUT2D eigenvalue weighted by Gasteiger charge is -2.15. The zero-order valence-corrected chi connectivity index (χ0v) is 15.5. The van der Waals surface area contributed by atoms with Gasteiger partial charge in [-0.1, -0.05) is 46.6 Å². The van der Waals surface area contributed by atoms with Gasteiger partial charge >= 0.3 is 6.09 Å². The number of benzene rings is 1. The molecule has 0 spiro atoms. The van der Waals surface area contributed by atoms with Crippen molar-refractivity contribution in [3.8, 4) is 11.3 Å². The van der Waals surface area contributed by atoms with Crippen LogP contribution in [0, 0.1) is 6.92 Å². The molecule has 0 fully saturated rings. The van der Waals surface area contributed by atoms with Crippen molar-refractivity contribution in [2.24, 2.45) is 0 Å². The quantitative estimate of drug-likeness (QED) is 0.580. The van der Waals surface area contributed by atoms with E-state index in [2.05, 4.69) is 15.5 Å². The van der Waals surface area contributed by atoms with Crippen molar-refractivity contribution in [3.05, 3.63) is 64.0 Å². The number of rotatable bonds is 4. The van der Waals surface area contributed by atoms with Gasteiger partial charge in [0.2, 0.25) is 0 Å². The van der Waals surface area contributed by atoms with E-state index in [0.29, 0.717) is 38.4 Å². The number of nitrogens with one attached hydrogen (secondary N) is 1. The average molecular weight is 392 g/mol. The van der Waals surface area contributed by atoms with Crippen LogP contribution in [0.25, 0.3) is 11.3 Å². The van der Waals surface area contributed by atoms with Gasteiger partial charge in [0.05, 0.1) is 0 Å². The fourth-order valence-electron chi connectivity index (χ4n) is 2.38. The van der Waals surface area contributed by atoms with Gasteiger partial charge in [-0.15, -0.1) is 0 Å². The molecule has 26 heavy (non-hydrogen) atoms. The number of carbonyl (C=O) groups is 1. The first kappa shape index (κ1) is 18.2. The number of nitrogens with zero attached hydrogens (tertiary/aromatic N) is 2. The molecule has 2 heterocycles. The fourth-order valence-corrected chi connectivity index (χ4v) is 2.79. The third kappa shape index (κ3) is 3.98. The van der Waals surface area contributed by atoms with Gasteiger partial charge in [0.1, 0.15) is 22.6 Å². The maximum Gasteiger partial charge on any atom is 0.412 e.